The van der Waals surface area contributed by atoms with Crippen LogP contribution in [0.4, 0.5) is 0 Å². The summed E-state index contributed by atoms with van der Waals surface area (Å²) in [5.74, 6) is -1.50. The number of cyclic esters (lactones) is 1. The van der Waals surface area contributed by atoms with Crippen LogP contribution in [0.2, 0.25) is 0 Å². The standard InChI is InChI=1S/C14H15NO3/c1-9(12-13(16)10(2)18-14(12)17)15-8-11-6-4-3-5-7-11/h3-7,10,12H,8H2,1-2H3/t10-,12-/m1/s1. The number of aliphatic imine (C=N–C) groups is 1. The van der Waals surface area contributed by atoms with Gasteiger partial charge in [0.25, 0.3) is 0 Å². The van der Waals surface area contributed by atoms with Crippen LogP contribution in [0.15, 0.2) is 35.3 Å². The Morgan fingerprint density at radius 3 is 2.50 bits per heavy atom. The van der Waals surface area contributed by atoms with Gasteiger partial charge >= 0.3 is 5.97 Å². The highest BCUT2D eigenvalue weighted by Crippen LogP contribution is 2.19. The van der Waals surface area contributed by atoms with Gasteiger partial charge in [0, 0.05) is 5.71 Å². The van der Waals surface area contributed by atoms with Gasteiger partial charge in [-0.05, 0) is 19.4 Å². The predicted molar refractivity (Wildman–Crippen MR) is 67.3 cm³/mol. The van der Waals surface area contributed by atoms with E-state index in [1.54, 1.807) is 13.8 Å². The summed E-state index contributed by atoms with van der Waals surface area (Å²) in [7, 11) is 0. The third-order valence-corrected chi connectivity index (χ3v) is 2.99. The highest BCUT2D eigenvalue weighted by Gasteiger charge is 2.42. The number of carbonyl (C=O) groups is 2. The summed E-state index contributed by atoms with van der Waals surface area (Å²) >= 11 is 0. The molecule has 0 unspecified atom stereocenters. The third kappa shape index (κ3) is 2.47. The second-order valence-corrected chi connectivity index (χ2v) is 4.36. The maximum absolute atomic E-state index is 11.7. The van der Waals surface area contributed by atoms with Crippen LogP contribution >= 0.6 is 0 Å². The van der Waals surface area contributed by atoms with Crippen molar-refractivity contribution in [3.8, 4) is 0 Å². The van der Waals surface area contributed by atoms with E-state index in [2.05, 4.69) is 4.99 Å². The van der Waals surface area contributed by atoms with Gasteiger partial charge in [-0.2, -0.15) is 0 Å². The molecule has 1 aliphatic heterocycles. The van der Waals surface area contributed by atoms with Crippen LogP contribution in [0.1, 0.15) is 19.4 Å². The minimum Gasteiger partial charge on any atom is -0.454 e. The van der Waals surface area contributed by atoms with Crippen LogP contribution < -0.4 is 0 Å². The Balaban J connectivity index is 2.10. The first-order valence-electron chi connectivity index (χ1n) is 5.88. The van der Waals surface area contributed by atoms with Crippen molar-refractivity contribution in [3.05, 3.63) is 35.9 Å². The quantitative estimate of drug-likeness (QED) is 0.463. The second kappa shape index (κ2) is 5.12. The van der Waals surface area contributed by atoms with Gasteiger partial charge in [-0.1, -0.05) is 30.3 Å². The molecule has 2 atom stereocenters. The topological polar surface area (TPSA) is 55.7 Å². The Bertz CT molecular complexity index is 493. The summed E-state index contributed by atoms with van der Waals surface area (Å²) in [6.07, 6.45) is -0.649. The third-order valence-electron chi connectivity index (χ3n) is 2.99. The van der Waals surface area contributed by atoms with Crippen LogP contribution in [-0.2, 0) is 20.9 Å². The lowest BCUT2D eigenvalue weighted by Crippen LogP contribution is -2.25. The van der Waals surface area contributed by atoms with E-state index in [9.17, 15) is 9.59 Å². The summed E-state index contributed by atoms with van der Waals surface area (Å²) < 4.78 is 4.89. The van der Waals surface area contributed by atoms with E-state index in [-0.39, 0.29) is 5.78 Å². The van der Waals surface area contributed by atoms with Crippen LogP contribution in [0.3, 0.4) is 0 Å². The molecule has 0 aromatic heterocycles. The Morgan fingerprint density at radius 2 is 1.94 bits per heavy atom. The largest absolute Gasteiger partial charge is 0.454 e. The zero-order valence-electron chi connectivity index (χ0n) is 10.4. The number of ketones is 1. The molecule has 4 heteroatoms. The van der Waals surface area contributed by atoms with E-state index in [4.69, 9.17) is 4.74 Å². The van der Waals surface area contributed by atoms with Crippen molar-refractivity contribution in [2.75, 3.05) is 0 Å². The highest BCUT2D eigenvalue weighted by molar-refractivity contribution is 6.22. The average Bonchev–Trinajstić information content (AvgIpc) is 2.62. The fraction of sp³-hybridized carbons (Fsp3) is 0.357. The molecule has 94 valence electrons. The minimum absolute atomic E-state index is 0.200. The van der Waals surface area contributed by atoms with Gasteiger partial charge in [0.05, 0.1) is 6.54 Å². The van der Waals surface area contributed by atoms with E-state index < -0.39 is 18.0 Å². The molecule has 1 heterocycles. The molecule has 1 saturated heterocycles. The molecule has 0 radical (unpaired) electrons. The van der Waals surface area contributed by atoms with Gasteiger partial charge in [0.15, 0.2) is 17.8 Å². The summed E-state index contributed by atoms with van der Waals surface area (Å²) in [6.45, 7) is 3.76. The normalized spacial score (nSPS) is 24.2. The highest BCUT2D eigenvalue weighted by atomic mass is 16.6. The molecular weight excluding hydrogens is 230 g/mol. The Hall–Kier alpha value is -1.97. The molecule has 0 spiro atoms. The molecule has 1 aliphatic rings. The number of nitrogens with zero attached hydrogens (tertiary/aromatic N) is 1. The van der Waals surface area contributed by atoms with Crippen molar-refractivity contribution < 1.29 is 14.3 Å². The fourth-order valence-electron chi connectivity index (χ4n) is 1.92. The van der Waals surface area contributed by atoms with E-state index in [0.717, 1.165) is 5.56 Å². The molecule has 4 nitrogen and oxygen atoms in total. The number of hydrogen-bond donors (Lipinski definition) is 0. The molecule has 1 fully saturated rings. The van der Waals surface area contributed by atoms with Crippen LogP contribution in [0.25, 0.3) is 0 Å². The van der Waals surface area contributed by atoms with Crippen LogP contribution in [0, 0.1) is 5.92 Å². The average molecular weight is 245 g/mol. The summed E-state index contributed by atoms with van der Waals surface area (Å²) in [5.41, 5.74) is 1.57. The van der Waals surface area contributed by atoms with Crippen molar-refractivity contribution in [1.82, 2.24) is 0 Å². The number of esters is 1. The Morgan fingerprint density at radius 1 is 1.28 bits per heavy atom. The molecule has 0 aliphatic carbocycles. The number of benzene rings is 1. The van der Waals surface area contributed by atoms with Crippen molar-refractivity contribution in [2.24, 2.45) is 10.9 Å². The van der Waals surface area contributed by atoms with Gasteiger partial charge in [-0.25, -0.2) is 0 Å². The fourth-order valence-corrected chi connectivity index (χ4v) is 1.92. The first kappa shape index (κ1) is 12.5. The molecular formula is C14H15NO3. The van der Waals surface area contributed by atoms with Crippen molar-refractivity contribution >= 4 is 17.5 Å². The molecule has 0 amide bonds. The molecule has 0 N–H and O–H groups in total. The Labute approximate surface area is 106 Å². The van der Waals surface area contributed by atoms with E-state index in [1.165, 1.54) is 0 Å². The summed E-state index contributed by atoms with van der Waals surface area (Å²) in [6, 6.07) is 9.69. The molecule has 2 rings (SSSR count). The lowest BCUT2D eigenvalue weighted by Gasteiger charge is -2.04. The SMILES string of the molecule is CC(=NCc1ccccc1)[C@H]1C(=O)O[C@H](C)C1=O. The van der Waals surface area contributed by atoms with Gasteiger partial charge < -0.3 is 4.74 Å². The van der Waals surface area contributed by atoms with E-state index in [1.807, 2.05) is 30.3 Å². The smallest absolute Gasteiger partial charge is 0.323 e. The number of Topliss-reactive ketones (excluding diaryl/α,β-unsaturated/α-hetero) is 1. The molecule has 1 aromatic rings. The number of rotatable bonds is 3. The second-order valence-electron chi connectivity index (χ2n) is 4.36. The van der Waals surface area contributed by atoms with Crippen LogP contribution in [0.5, 0.6) is 0 Å². The maximum atomic E-state index is 11.7. The van der Waals surface area contributed by atoms with Crippen molar-refractivity contribution in [2.45, 2.75) is 26.5 Å². The van der Waals surface area contributed by atoms with E-state index >= 15 is 0 Å². The zero-order valence-corrected chi connectivity index (χ0v) is 10.4. The first-order chi connectivity index (χ1) is 8.59. The van der Waals surface area contributed by atoms with Gasteiger partial charge in [0.2, 0.25) is 0 Å². The summed E-state index contributed by atoms with van der Waals surface area (Å²) in [4.78, 5) is 27.6. The first-order valence-corrected chi connectivity index (χ1v) is 5.88. The maximum Gasteiger partial charge on any atom is 0.323 e. The van der Waals surface area contributed by atoms with E-state index in [0.29, 0.717) is 12.3 Å². The number of hydrogen-bond acceptors (Lipinski definition) is 4. The molecule has 0 saturated carbocycles. The zero-order chi connectivity index (χ0) is 13.1. The summed E-state index contributed by atoms with van der Waals surface area (Å²) in [5, 5.41) is 0. The van der Waals surface area contributed by atoms with Gasteiger partial charge in [-0.3, -0.25) is 14.6 Å². The monoisotopic (exact) mass is 245 g/mol. The van der Waals surface area contributed by atoms with Crippen molar-refractivity contribution in [1.29, 1.82) is 0 Å². The van der Waals surface area contributed by atoms with Gasteiger partial charge in [-0.15, -0.1) is 0 Å². The molecule has 18 heavy (non-hydrogen) atoms. The lowest BCUT2D eigenvalue weighted by molar-refractivity contribution is -0.142. The number of ether oxygens (including phenoxy) is 1. The Kier molecular flexibility index (Phi) is 3.55. The number of carbonyl (C=O) groups excluding carboxylic acids is 2. The van der Waals surface area contributed by atoms with Crippen LogP contribution in [-0.4, -0.2) is 23.6 Å². The minimum atomic E-state index is -0.816. The van der Waals surface area contributed by atoms with Crippen molar-refractivity contribution in [3.63, 3.8) is 0 Å². The predicted octanol–water partition coefficient (Wildman–Crippen LogP) is 1.78. The van der Waals surface area contributed by atoms with Gasteiger partial charge in [0.1, 0.15) is 0 Å². The molecule has 1 aromatic carbocycles. The molecule has 0 bridgehead atoms. The lowest BCUT2D eigenvalue weighted by atomic mass is 9.99.